The van der Waals surface area contributed by atoms with E-state index >= 15 is 0 Å². The Morgan fingerprint density at radius 2 is 1.97 bits per heavy atom. The molecular formula is C22H29N3O4S. The molecule has 1 atom stereocenters. The lowest BCUT2D eigenvalue weighted by Gasteiger charge is -2.26. The number of carbonyl (C=O) groups excluding carboxylic acids is 1. The van der Waals surface area contributed by atoms with Crippen LogP contribution in [0.4, 0.5) is 0 Å². The maximum atomic E-state index is 13.2. The Morgan fingerprint density at radius 1 is 1.23 bits per heavy atom. The number of ether oxygens (including phenoxy) is 1. The smallest absolute Gasteiger partial charge is 0.254 e. The van der Waals surface area contributed by atoms with E-state index in [1.165, 1.54) is 12.1 Å². The molecule has 1 aromatic heterocycles. The van der Waals surface area contributed by atoms with Gasteiger partial charge in [0.2, 0.25) is 10.0 Å². The van der Waals surface area contributed by atoms with Crippen LogP contribution in [-0.2, 0) is 21.3 Å². The standard InChI is InChI=1S/C22H29N3O4S/c1-22(2,3)24-30(27,28)20-10-8-18(9-11-20)21(26)25(16-19-7-5-13-29-19)15-17-6-4-12-23-14-17/h4,6,8-12,14,19,24H,5,7,13,15-16H2,1-3H3. The second-order valence-electron chi connectivity index (χ2n) is 8.56. The highest BCUT2D eigenvalue weighted by molar-refractivity contribution is 7.89. The molecule has 0 radical (unpaired) electrons. The van der Waals surface area contributed by atoms with Crippen molar-refractivity contribution in [3.05, 3.63) is 59.9 Å². The summed E-state index contributed by atoms with van der Waals surface area (Å²) in [6.07, 6.45) is 5.37. The van der Waals surface area contributed by atoms with Crippen LogP contribution in [0.2, 0.25) is 0 Å². The molecule has 2 heterocycles. The van der Waals surface area contributed by atoms with Crippen LogP contribution in [0.25, 0.3) is 0 Å². The van der Waals surface area contributed by atoms with E-state index in [1.807, 2.05) is 12.1 Å². The highest BCUT2D eigenvalue weighted by atomic mass is 32.2. The molecule has 1 aliphatic rings. The number of hydrogen-bond donors (Lipinski definition) is 1. The van der Waals surface area contributed by atoms with Crippen LogP contribution in [0.5, 0.6) is 0 Å². The first-order valence-electron chi connectivity index (χ1n) is 10.1. The van der Waals surface area contributed by atoms with Crippen molar-refractivity contribution in [3.63, 3.8) is 0 Å². The van der Waals surface area contributed by atoms with Gasteiger partial charge in [0.15, 0.2) is 0 Å². The lowest BCUT2D eigenvalue weighted by Crippen LogP contribution is -2.40. The van der Waals surface area contributed by atoms with Crippen molar-refractivity contribution >= 4 is 15.9 Å². The van der Waals surface area contributed by atoms with E-state index in [0.717, 1.165) is 18.4 Å². The Hall–Kier alpha value is -2.29. The quantitative estimate of drug-likeness (QED) is 0.728. The van der Waals surface area contributed by atoms with Crippen molar-refractivity contribution in [1.82, 2.24) is 14.6 Å². The predicted octanol–water partition coefficient (Wildman–Crippen LogP) is 2.98. The molecule has 1 saturated heterocycles. The summed E-state index contributed by atoms with van der Waals surface area (Å²) in [5, 5.41) is 0. The minimum absolute atomic E-state index is 0.0151. The van der Waals surface area contributed by atoms with Gasteiger partial charge < -0.3 is 9.64 Å². The second-order valence-corrected chi connectivity index (χ2v) is 10.2. The number of nitrogens with zero attached hydrogens (tertiary/aromatic N) is 2. The molecule has 0 spiro atoms. The van der Waals surface area contributed by atoms with Gasteiger partial charge in [0, 0.05) is 43.2 Å². The number of sulfonamides is 1. The Labute approximate surface area is 178 Å². The summed E-state index contributed by atoms with van der Waals surface area (Å²) < 4.78 is 33.3. The average molecular weight is 432 g/mol. The van der Waals surface area contributed by atoms with Crippen molar-refractivity contribution in [3.8, 4) is 0 Å². The fourth-order valence-corrected chi connectivity index (χ4v) is 4.81. The molecule has 1 aliphatic heterocycles. The normalized spacial score (nSPS) is 17.1. The van der Waals surface area contributed by atoms with E-state index in [1.54, 1.807) is 50.2 Å². The first kappa shape index (κ1) is 22.4. The van der Waals surface area contributed by atoms with Crippen LogP contribution in [0, 0.1) is 0 Å². The molecule has 1 aromatic carbocycles. The zero-order valence-electron chi connectivity index (χ0n) is 17.7. The molecule has 0 aliphatic carbocycles. The van der Waals surface area contributed by atoms with Crippen LogP contribution in [0.3, 0.4) is 0 Å². The molecular weight excluding hydrogens is 402 g/mol. The fourth-order valence-electron chi connectivity index (χ4n) is 3.39. The van der Waals surface area contributed by atoms with Gasteiger partial charge in [-0.05, 0) is 69.5 Å². The molecule has 7 nitrogen and oxygen atoms in total. The second kappa shape index (κ2) is 9.24. The van der Waals surface area contributed by atoms with Crippen LogP contribution in [0.1, 0.15) is 49.5 Å². The molecule has 0 bridgehead atoms. The molecule has 30 heavy (non-hydrogen) atoms. The highest BCUT2D eigenvalue weighted by Gasteiger charge is 2.25. The molecule has 2 aromatic rings. The van der Waals surface area contributed by atoms with Gasteiger partial charge in [0.1, 0.15) is 0 Å². The lowest BCUT2D eigenvalue weighted by molar-refractivity contribution is 0.0507. The van der Waals surface area contributed by atoms with E-state index < -0.39 is 15.6 Å². The number of rotatable bonds is 7. The maximum absolute atomic E-state index is 13.2. The number of carbonyl (C=O) groups is 1. The van der Waals surface area contributed by atoms with E-state index in [0.29, 0.717) is 25.3 Å². The van der Waals surface area contributed by atoms with Gasteiger partial charge in [0.05, 0.1) is 11.0 Å². The Morgan fingerprint density at radius 3 is 2.53 bits per heavy atom. The summed E-state index contributed by atoms with van der Waals surface area (Å²) in [7, 11) is -3.65. The molecule has 8 heteroatoms. The average Bonchev–Trinajstić information content (AvgIpc) is 3.19. The number of amides is 1. The van der Waals surface area contributed by atoms with Gasteiger partial charge in [-0.25, -0.2) is 13.1 Å². The largest absolute Gasteiger partial charge is 0.376 e. The molecule has 162 valence electrons. The number of benzene rings is 1. The van der Waals surface area contributed by atoms with E-state index in [4.69, 9.17) is 4.74 Å². The third-order valence-electron chi connectivity index (χ3n) is 4.68. The van der Waals surface area contributed by atoms with Crippen LogP contribution in [0.15, 0.2) is 53.7 Å². The number of pyridine rings is 1. The lowest BCUT2D eigenvalue weighted by atomic mass is 10.1. The van der Waals surface area contributed by atoms with Crippen LogP contribution < -0.4 is 4.72 Å². The third kappa shape index (κ3) is 6.10. The van der Waals surface area contributed by atoms with Crippen LogP contribution >= 0.6 is 0 Å². The number of hydrogen-bond acceptors (Lipinski definition) is 5. The summed E-state index contributed by atoms with van der Waals surface area (Å²) in [4.78, 5) is 19.2. The Balaban J connectivity index is 1.79. The van der Waals surface area contributed by atoms with Gasteiger partial charge in [-0.1, -0.05) is 6.07 Å². The topological polar surface area (TPSA) is 88.6 Å². The highest BCUT2D eigenvalue weighted by Crippen LogP contribution is 2.19. The third-order valence-corrected chi connectivity index (χ3v) is 6.46. The summed E-state index contributed by atoms with van der Waals surface area (Å²) in [6.45, 7) is 6.96. The van der Waals surface area contributed by atoms with E-state index in [2.05, 4.69) is 9.71 Å². The minimum Gasteiger partial charge on any atom is -0.376 e. The van der Waals surface area contributed by atoms with Gasteiger partial charge in [-0.15, -0.1) is 0 Å². The van der Waals surface area contributed by atoms with Crippen molar-refractivity contribution < 1.29 is 17.9 Å². The Kier molecular flexibility index (Phi) is 6.90. The SMILES string of the molecule is CC(C)(C)NS(=O)(=O)c1ccc(C(=O)N(Cc2cccnc2)CC2CCCO2)cc1. The Bertz CT molecular complexity index is 948. The van der Waals surface area contributed by atoms with Gasteiger partial charge >= 0.3 is 0 Å². The van der Waals surface area contributed by atoms with E-state index in [-0.39, 0.29) is 16.9 Å². The van der Waals surface area contributed by atoms with Gasteiger partial charge in [-0.2, -0.15) is 0 Å². The summed E-state index contributed by atoms with van der Waals surface area (Å²) >= 11 is 0. The summed E-state index contributed by atoms with van der Waals surface area (Å²) in [5.41, 5.74) is 0.777. The minimum atomic E-state index is -3.65. The fraction of sp³-hybridized carbons (Fsp3) is 0.455. The molecule has 1 unspecified atom stereocenters. The van der Waals surface area contributed by atoms with Crippen molar-refractivity contribution in [2.24, 2.45) is 0 Å². The molecule has 3 rings (SSSR count). The monoisotopic (exact) mass is 431 g/mol. The molecule has 1 fully saturated rings. The van der Waals surface area contributed by atoms with Crippen molar-refractivity contribution in [2.75, 3.05) is 13.2 Å². The zero-order chi connectivity index (χ0) is 21.8. The first-order valence-corrected chi connectivity index (χ1v) is 11.6. The number of aromatic nitrogens is 1. The van der Waals surface area contributed by atoms with Gasteiger partial charge in [0.25, 0.3) is 5.91 Å². The van der Waals surface area contributed by atoms with Crippen molar-refractivity contribution in [1.29, 1.82) is 0 Å². The maximum Gasteiger partial charge on any atom is 0.254 e. The van der Waals surface area contributed by atoms with Crippen LogP contribution in [-0.4, -0.2) is 49.0 Å². The summed E-state index contributed by atoms with van der Waals surface area (Å²) in [5.74, 6) is -0.165. The van der Waals surface area contributed by atoms with E-state index in [9.17, 15) is 13.2 Å². The first-order chi connectivity index (χ1) is 14.1. The summed E-state index contributed by atoms with van der Waals surface area (Å²) in [6, 6.07) is 9.82. The van der Waals surface area contributed by atoms with Crippen molar-refractivity contribution in [2.45, 2.75) is 56.7 Å². The molecule has 1 amide bonds. The number of nitrogens with one attached hydrogen (secondary N) is 1. The molecule has 1 N–H and O–H groups in total. The molecule has 0 saturated carbocycles. The predicted molar refractivity (Wildman–Crippen MR) is 114 cm³/mol. The zero-order valence-corrected chi connectivity index (χ0v) is 18.5. The van der Waals surface area contributed by atoms with Gasteiger partial charge in [-0.3, -0.25) is 9.78 Å².